The number of nitrogens with zero attached hydrogens (tertiary/aromatic N) is 2. The summed E-state index contributed by atoms with van der Waals surface area (Å²) in [5.41, 5.74) is 0.512. The minimum absolute atomic E-state index is 0.103. The van der Waals surface area contributed by atoms with Crippen LogP contribution in [0.2, 0.25) is 0 Å². The summed E-state index contributed by atoms with van der Waals surface area (Å²) in [7, 11) is -1.01. The molecule has 124 valence electrons. The minimum atomic E-state index is -3.88. The number of aryl methyl sites for hydroxylation is 1. The van der Waals surface area contributed by atoms with Crippen LogP contribution in [0.3, 0.4) is 0 Å². The molecular weight excluding hydrogens is 323 g/mol. The molecule has 0 saturated heterocycles. The first-order valence-electron chi connectivity index (χ1n) is 6.77. The van der Waals surface area contributed by atoms with Crippen LogP contribution in [0, 0.1) is 5.82 Å². The number of aromatic nitrogens is 1. The predicted molar refractivity (Wildman–Crippen MR) is 82.1 cm³/mol. The molecule has 0 saturated carbocycles. The zero-order valence-corrected chi connectivity index (χ0v) is 13.7. The van der Waals surface area contributed by atoms with Gasteiger partial charge in [-0.2, -0.15) is 4.31 Å². The Morgan fingerprint density at radius 2 is 1.87 bits per heavy atom. The Bertz CT molecular complexity index is 828. The molecule has 2 rings (SSSR count). The highest BCUT2D eigenvalue weighted by atomic mass is 32.2. The van der Waals surface area contributed by atoms with Gasteiger partial charge in [0.25, 0.3) is 0 Å². The molecule has 8 heteroatoms. The van der Waals surface area contributed by atoms with Crippen LogP contribution in [0.4, 0.5) is 4.39 Å². The number of halogens is 1. The van der Waals surface area contributed by atoms with Crippen molar-refractivity contribution in [3.8, 4) is 0 Å². The van der Waals surface area contributed by atoms with Gasteiger partial charge in [0.2, 0.25) is 10.0 Å². The van der Waals surface area contributed by atoms with Crippen molar-refractivity contribution < 1.29 is 22.7 Å². The Kier molecular flexibility index (Phi) is 4.58. The molecule has 0 aliphatic heterocycles. The van der Waals surface area contributed by atoms with Crippen molar-refractivity contribution in [1.29, 1.82) is 0 Å². The van der Waals surface area contributed by atoms with Crippen LogP contribution in [-0.2, 0) is 17.1 Å². The minimum Gasteiger partial charge on any atom is -0.477 e. The lowest BCUT2D eigenvalue weighted by Crippen LogP contribution is -2.29. The number of carbonyl (C=O) groups is 1. The van der Waals surface area contributed by atoms with Crippen molar-refractivity contribution in [3.05, 3.63) is 53.6 Å². The Morgan fingerprint density at radius 3 is 2.35 bits per heavy atom. The summed E-state index contributed by atoms with van der Waals surface area (Å²) < 4.78 is 40.6. The fourth-order valence-corrected chi connectivity index (χ4v) is 3.64. The average molecular weight is 340 g/mol. The van der Waals surface area contributed by atoms with Gasteiger partial charge in [0, 0.05) is 26.3 Å². The van der Waals surface area contributed by atoms with Gasteiger partial charge in [0.15, 0.2) is 0 Å². The lowest BCUT2D eigenvalue weighted by Gasteiger charge is -2.24. The highest BCUT2D eigenvalue weighted by molar-refractivity contribution is 7.89. The molecular formula is C15H17FN2O4S. The summed E-state index contributed by atoms with van der Waals surface area (Å²) >= 11 is 0. The van der Waals surface area contributed by atoms with Gasteiger partial charge in [-0.3, -0.25) is 0 Å². The highest BCUT2D eigenvalue weighted by Crippen LogP contribution is 2.26. The SMILES string of the molecule is CC(c1ccc(F)cc1)N(C)S(=O)(=O)c1cc(C(=O)O)n(C)c1. The van der Waals surface area contributed by atoms with Gasteiger partial charge in [-0.25, -0.2) is 17.6 Å². The Morgan fingerprint density at radius 1 is 1.30 bits per heavy atom. The topological polar surface area (TPSA) is 79.6 Å². The maximum Gasteiger partial charge on any atom is 0.352 e. The first kappa shape index (κ1) is 17.2. The van der Waals surface area contributed by atoms with E-state index in [1.165, 1.54) is 49.1 Å². The Labute approximate surface area is 133 Å². The second-order valence-corrected chi connectivity index (χ2v) is 7.22. The molecule has 1 aromatic carbocycles. The number of rotatable bonds is 5. The number of sulfonamides is 1. The van der Waals surface area contributed by atoms with Crippen LogP contribution in [0.1, 0.15) is 29.0 Å². The van der Waals surface area contributed by atoms with E-state index < -0.39 is 27.9 Å². The molecule has 0 aliphatic carbocycles. The molecule has 0 amide bonds. The van der Waals surface area contributed by atoms with Gasteiger partial charge in [-0.15, -0.1) is 0 Å². The van der Waals surface area contributed by atoms with E-state index in [1.54, 1.807) is 6.92 Å². The van der Waals surface area contributed by atoms with E-state index in [1.807, 2.05) is 0 Å². The number of aromatic carboxylic acids is 1. The third kappa shape index (κ3) is 3.27. The summed E-state index contributed by atoms with van der Waals surface area (Å²) in [4.78, 5) is 11.0. The Hall–Kier alpha value is -2.19. The van der Waals surface area contributed by atoms with Gasteiger partial charge >= 0.3 is 5.97 Å². The van der Waals surface area contributed by atoms with Crippen molar-refractivity contribution in [3.63, 3.8) is 0 Å². The number of hydrogen-bond donors (Lipinski definition) is 1. The first-order valence-corrected chi connectivity index (χ1v) is 8.21. The standard InChI is InChI=1S/C15H17FN2O4S/c1-10(11-4-6-12(16)7-5-11)18(3)23(21,22)13-8-14(15(19)20)17(2)9-13/h4-10H,1-3H3,(H,19,20). The smallest absolute Gasteiger partial charge is 0.352 e. The van der Waals surface area contributed by atoms with Crippen LogP contribution < -0.4 is 0 Å². The molecule has 1 aromatic heterocycles. The molecule has 1 heterocycles. The maximum absolute atomic E-state index is 13.0. The van der Waals surface area contributed by atoms with Crippen molar-refractivity contribution in [2.24, 2.45) is 7.05 Å². The number of hydrogen-bond acceptors (Lipinski definition) is 3. The van der Waals surface area contributed by atoms with Crippen LogP contribution in [0.25, 0.3) is 0 Å². The van der Waals surface area contributed by atoms with Gasteiger partial charge in [-0.1, -0.05) is 12.1 Å². The normalized spacial score (nSPS) is 13.3. The maximum atomic E-state index is 13.0. The zero-order valence-electron chi connectivity index (χ0n) is 12.9. The lowest BCUT2D eigenvalue weighted by atomic mass is 10.1. The largest absolute Gasteiger partial charge is 0.477 e. The molecule has 23 heavy (non-hydrogen) atoms. The van der Waals surface area contributed by atoms with E-state index >= 15 is 0 Å². The van der Waals surface area contributed by atoms with Crippen LogP contribution >= 0.6 is 0 Å². The highest BCUT2D eigenvalue weighted by Gasteiger charge is 2.28. The second-order valence-electron chi connectivity index (χ2n) is 5.23. The molecule has 1 N–H and O–H groups in total. The first-order chi connectivity index (χ1) is 10.6. The molecule has 1 atom stereocenters. The number of benzene rings is 1. The fourth-order valence-electron chi connectivity index (χ4n) is 2.21. The van der Waals surface area contributed by atoms with Crippen molar-refractivity contribution in [2.45, 2.75) is 17.9 Å². The van der Waals surface area contributed by atoms with E-state index in [-0.39, 0.29) is 10.6 Å². The number of carboxylic acid groups (broad SMARTS) is 1. The second kappa shape index (κ2) is 6.13. The van der Waals surface area contributed by atoms with E-state index in [9.17, 15) is 17.6 Å². The summed E-state index contributed by atoms with van der Waals surface area (Å²) in [5, 5.41) is 9.03. The fraction of sp³-hybridized carbons (Fsp3) is 0.267. The summed E-state index contributed by atoms with van der Waals surface area (Å²) in [6, 6.07) is 6.13. The molecule has 2 aromatic rings. The predicted octanol–water partition coefficient (Wildman–Crippen LogP) is 2.24. The molecule has 1 unspecified atom stereocenters. The van der Waals surface area contributed by atoms with Gasteiger partial charge in [0.05, 0.1) is 0 Å². The number of carboxylic acids is 1. The van der Waals surface area contributed by atoms with E-state index in [0.29, 0.717) is 5.56 Å². The Balaban J connectivity index is 2.36. The molecule has 0 bridgehead atoms. The summed E-state index contributed by atoms with van der Waals surface area (Å²) in [5.74, 6) is -1.61. The van der Waals surface area contributed by atoms with Crippen molar-refractivity contribution >= 4 is 16.0 Å². The quantitative estimate of drug-likeness (QED) is 0.905. The zero-order chi connectivity index (χ0) is 17.4. The van der Waals surface area contributed by atoms with Crippen LogP contribution in [0.15, 0.2) is 41.4 Å². The van der Waals surface area contributed by atoms with Crippen LogP contribution in [0.5, 0.6) is 0 Å². The van der Waals surface area contributed by atoms with E-state index in [2.05, 4.69) is 0 Å². The molecule has 0 radical (unpaired) electrons. The monoisotopic (exact) mass is 340 g/mol. The summed E-state index contributed by atoms with van der Waals surface area (Å²) in [6.45, 7) is 1.67. The molecule has 0 fully saturated rings. The van der Waals surface area contributed by atoms with Gasteiger partial charge < -0.3 is 9.67 Å². The average Bonchev–Trinajstić information content (AvgIpc) is 2.89. The molecule has 6 nitrogen and oxygen atoms in total. The van der Waals surface area contributed by atoms with Gasteiger partial charge in [-0.05, 0) is 30.7 Å². The lowest BCUT2D eigenvalue weighted by molar-refractivity contribution is 0.0686. The third-order valence-corrected chi connectivity index (χ3v) is 5.67. The van der Waals surface area contributed by atoms with Crippen LogP contribution in [-0.4, -0.2) is 35.4 Å². The van der Waals surface area contributed by atoms with E-state index in [0.717, 1.165) is 10.4 Å². The molecule has 0 spiro atoms. The molecule has 0 aliphatic rings. The summed E-state index contributed by atoms with van der Waals surface area (Å²) in [6.07, 6.45) is 1.26. The van der Waals surface area contributed by atoms with Crippen molar-refractivity contribution in [1.82, 2.24) is 8.87 Å². The van der Waals surface area contributed by atoms with E-state index in [4.69, 9.17) is 5.11 Å². The van der Waals surface area contributed by atoms with Crippen molar-refractivity contribution in [2.75, 3.05) is 7.05 Å². The third-order valence-electron chi connectivity index (χ3n) is 3.77. The van der Waals surface area contributed by atoms with Gasteiger partial charge in [0.1, 0.15) is 16.4 Å².